The lowest BCUT2D eigenvalue weighted by Gasteiger charge is -2.19. The number of hydrogen-bond acceptors (Lipinski definition) is 4. The predicted molar refractivity (Wildman–Crippen MR) is 76.7 cm³/mol. The van der Waals surface area contributed by atoms with Crippen molar-refractivity contribution < 1.29 is 13.9 Å². The maximum Gasteiger partial charge on any atom is 0.341 e. The van der Waals surface area contributed by atoms with Gasteiger partial charge in [-0.3, -0.25) is 4.98 Å². The van der Waals surface area contributed by atoms with Crippen molar-refractivity contribution >= 4 is 22.6 Å². The molecule has 1 aromatic heterocycles. The van der Waals surface area contributed by atoms with Crippen LogP contribution in [-0.4, -0.2) is 31.7 Å². The molecule has 4 nitrogen and oxygen atoms in total. The number of rotatable bonds is 3. The number of ether oxygens (including phenoxy) is 1. The number of carbonyl (C=O) groups is 1. The Hall–Kier alpha value is -2.17. The van der Waals surface area contributed by atoms with E-state index in [4.69, 9.17) is 4.74 Å². The minimum absolute atomic E-state index is 0.264. The molecule has 1 heterocycles. The van der Waals surface area contributed by atoms with Crippen molar-refractivity contribution in [2.45, 2.75) is 13.8 Å². The summed E-state index contributed by atoms with van der Waals surface area (Å²) >= 11 is 0. The number of hydrogen-bond donors (Lipinski definition) is 0. The van der Waals surface area contributed by atoms with E-state index in [0.717, 1.165) is 5.56 Å². The van der Waals surface area contributed by atoms with Crippen LogP contribution in [0.1, 0.15) is 22.8 Å². The number of fused-ring (bicyclic) bond motifs is 1. The number of carbonyl (C=O) groups excluding carboxylic acids is 1. The monoisotopic (exact) mass is 276 g/mol. The third-order valence-electron chi connectivity index (χ3n) is 3.09. The molecule has 2 rings (SSSR count). The fourth-order valence-electron chi connectivity index (χ4n) is 2.21. The van der Waals surface area contributed by atoms with Gasteiger partial charge in [-0.1, -0.05) is 6.07 Å². The van der Waals surface area contributed by atoms with Crippen molar-refractivity contribution in [3.05, 3.63) is 35.3 Å². The summed E-state index contributed by atoms with van der Waals surface area (Å²) < 4.78 is 19.2. The normalized spacial score (nSPS) is 10.7. The third-order valence-corrected chi connectivity index (χ3v) is 3.09. The average Bonchev–Trinajstić information content (AvgIpc) is 2.41. The number of anilines is 1. The Morgan fingerprint density at radius 1 is 1.40 bits per heavy atom. The second-order valence-electron chi connectivity index (χ2n) is 4.72. The topological polar surface area (TPSA) is 42.4 Å². The molecular formula is C15H17FN2O2. The van der Waals surface area contributed by atoms with Crippen molar-refractivity contribution in [2.75, 3.05) is 25.6 Å². The van der Waals surface area contributed by atoms with E-state index in [1.54, 1.807) is 32.0 Å². The van der Waals surface area contributed by atoms with Crippen molar-refractivity contribution in [3.8, 4) is 0 Å². The Kier molecular flexibility index (Phi) is 3.88. The van der Waals surface area contributed by atoms with E-state index in [1.807, 2.05) is 6.92 Å². The van der Waals surface area contributed by atoms with Crippen molar-refractivity contribution in [3.63, 3.8) is 0 Å². The lowest BCUT2D eigenvalue weighted by molar-refractivity contribution is 0.0527. The van der Waals surface area contributed by atoms with Gasteiger partial charge in [-0.2, -0.15) is 0 Å². The Morgan fingerprint density at radius 2 is 2.10 bits per heavy atom. The van der Waals surface area contributed by atoms with Gasteiger partial charge in [0.2, 0.25) is 0 Å². The van der Waals surface area contributed by atoms with E-state index >= 15 is 0 Å². The molecule has 0 atom stereocenters. The number of aromatic nitrogens is 1. The highest BCUT2D eigenvalue weighted by atomic mass is 19.1. The van der Waals surface area contributed by atoms with Crippen LogP contribution in [-0.2, 0) is 4.74 Å². The molecule has 0 aliphatic heterocycles. The van der Waals surface area contributed by atoms with E-state index in [1.165, 1.54) is 12.3 Å². The van der Waals surface area contributed by atoms with Crippen LogP contribution in [0.4, 0.5) is 10.1 Å². The van der Waals surface area contributed by atoms with Crippen LogP contribution < -0.4 is 4.90 Å². The second kappa shape index (κ2) is 5.45. The van der Waals surface area contributed by atoms with Gasteiger partial charge in [0.05, 0.1) is 23.2 Å². The zero-order chi connectivity index (χ0) is 14.9. The van der Waals surface area contributed by atoms with E-state index in [2.05, 4.69) is 4.98 Å². The van der Waals surface area contributed by atoms with E-state index in [0.29, 0.717) is 16.6 Å². The summed E-state index contributed by atoms with van der Waals surface area (Å²) in [4.78, 5) is 17.9. The molecule has 0 radical (unpaired) electrons. The first-order valence-electron chi connectivity index (χ1n) is 6.39. The molecule has 1 aromatic carbocycles. The van der Waals surface area contributed by atoms with Gasteiger partial charge in [0.15, 0.2) is 0 Å². The molecule has 106 valence electrons. The van der Waals surface area contributed by atoms with Crippen LogP contribution in [0.3, 0.4) is 0 Å². The summed E-state index contributed by atoms with van der Waals surface area (Å²) in [5.74, 6) is -0.889. The summed E-state index contributed by atoms with van der Waals surface area (Å²) in [6.07, 6.45) is 1.45. The van der Waals surface area contributed by atoms with Gasteiger partial charge in [-0.05, 0) is 25.5 Å². The van der Waals surface area contributed by atoms with Gasteiger partial charge < -0.3 is 9.64 Å². The highest BCUT2D eigenvalue weighted by molar-refractivity contribution is 6.06. The van der Waals surface area contributed by atoms with Crippen LogP contribution in [0.2, 0.25) is 0 Å². The largest absolute Gasteiger partial charge is 0.462 e. The molecule has 0 fully saturated rings. The number of esters is 1. The molecule has 0 unspecified atom stereocenters. The quantitative estimate of drug-likeness (QED) is 0.808. The second-order valence-corrected chi connectivity index (χ2v) is 4.72. The minimum atomic E-state index is -0.494. The SMILES string of the molecule is CCOC(=O)c1cnc2c(C)ccc(F)c2c1N(C)C. The third kappa shape index (κ3) is 2.31. The molecule has 0 spiro atoms. The van der Waals surface area contributed by atoms with Crippen LogP contribution >= 0.6 is 0 Å². The maximum absolute atomic E-state index is 14.2. The van der Waals surface area contributed by atoms with Gasteiger partial charge in [-0.15, -0.1) is 0 Å². The van der Waals surface area contributed by atoms with E-state index in [9.17, 15) is 9.18 Å². The van der Waals surface area contributed by atoms with Gasteiger partial charge in [0, 0.05) is 20.3 Å². The van der Waals surface area contributed by atoms with Crippen molar-refractivity contribution in [1.29, 1.82) is 0 Å². The summed E-state index contributed by atoms with van der Waals surface area (Å²) in [5, 5.41) is 0.348. The number of benzene rings is 1. The molecular weight excluding hydrogens is 259 g/mol. The summed E-state index contributed by atoms with van der Waals surface area (Å²) in [5.41, 5.74) is 2.19. The van der Waals surface area contributed by atoms with Crippen LogP contribution in [0.5, 0.6) is 0 Å². The molecule has 5 heteroatoms. The molecule has 0 aliphatic rings. The van der Waals surface area contributed by atoms with Gasteiger partial charge in [-0.25, -0.2) is 9.18 Å². The minimum Gasteiger partial charge on any atom is -0.462 e. The molecule has 0 saturated heterocycles. The maximum atomic E-state index is 14.2. The lowest BCUT2D eigenvalue weighted by Crippen LogP contribution is -2.17. The van der Waals surface area contributed by atoms with Gasteiger partial charge in [0.25, 0.3) is 0 Å². The fraction of sp³-hybridized carbons (Fsp3) is 0.333. The molecule has 0 bridgehead atoms. The number of aryl methyl sites for hydroxylation is 1. The van der Waals surface area contributed by atoms with Gasteiger partial charge in [0.1, 0.15) is 11.4 Å². The summed E-state index contributed by atoms with van der Waals surface area (Å²) in [6, 6.07) is 3.06. The van der Waals surface area contributed by atoms with Crippen molar-refractivity contribution in [2.24, 2.45) is 0 Å². The average molecular weight is 276 g/mol. The first-order chi connectivity index (χ1) is 9.47. The number of nitrogens with zero attached hydrogens (tertiary/aromatic N) is 2. The Balaban J connectivity index is 2.82. The van der Waals surface area contributed by atoms with E-state index in [-0.39, 0.29) is 12.2 Å². The molecule has 20 heavy (non-hydrogen) atoms. The lowest BCUT2D eigenvalue weighted by atomic mass is 10.0. The molecule has 0 saturated carbocycles. The molecule has 0 N–H and O–H groups in total. The summed E-state index contributed by atoms with van der Waals surface area (Å²) in [7, 11) is 3.53. The first-order valence-corrected chi connectivity index (χ1v) is 6.39. The fourth-order valence-corrected chi connectivity index (χ4v) is 2.21. The van der Waals surface area contributed by atoms with Crippen LogP contribution in [0, 0.1) is 12.7 Å². The highest BCUT2D eigenvalue weighted by Gasteiger charge is 2.21. The van der Waals surface area contributed by atoms with Crippen LogP contribution in [0.25, 0.3) is 10.9 Å². The Labute approximate surface area is 117 Å². The molecule has 0 aliphatic carbocycles. The van der Waals surface area contributed by atoms with E-state index < -0.39 is 11.8 Å². The Bertz CT molecular complexity index is 668. The van der Waals surface area contributed by atoms with Crippen molar-refractivity contribution in [1.82, 2.24) is 4.98 Å². The zero-order valence-electron chi connectivity index (χ0n) is 12.0. The number of pyridine rings is 1. The molecule has 0 amide bonds. The summed E-state index contributed by atoms with van der Waals surface area (Å²) in [6.45, 7) is 3.85. The highest BCUT2D eigenvalue weighted by Crippen LogP contribution is 2.32. The van der Waals surface area contributed by atoms with Crippen LogP contribution in [0.15, 0.2) is 18.3 Å². The zero-order valence-corrected chi connectivity index (χ0v) is 12.0. The smallest absolute Gasteiger partial charge is 0.341 e. The Morgan fingerprint density at radius 3 is 2.70 bits per heavy atom. The molecule has 2 aromatic rings. The standard InChI is InChI=1S/C15H17FN2O2/c1-5-20-15(19)10-8-17-13-9(2)6-7-11(16)12(13)14(10)18(3)4/h6-8H,5H2,1-4H3. The first kappa shape index (κ1) is 14.2. The predicted octanol–water partition coefficient (Wildman–Crippen LogP) is 2.93. The van der Waals surface area contributed by atoms with Gasteiger partial charge >= 0.3 is 5.97 Å². The number of halogens is 1.